The van der Waals surface area contributed by atoms with Gasteiger partial charge in [-0.25, -0.2) is 5.43 Å². The van der Waals surface area contributed by atoms with Gasteiger partial charge >= 0.3 is 0 Å². The van der Waals surface area contributed by atoms with Gasteiger partial charge < -0.3 is 5.11 Å². The molecule has 0 aliphatic heterocycles. The zero-order valence-electron chi connectivity index (χ0n) is 14.2. The molecule has 26 heavy (non-hydrogen) atoms. The van der Waals surface area contributed by atoms with E-state index in [-0.39, 0.29) is 32.8 Å². The number of hydrogen-bond donors (Lipinski definition) is 2. The Hall–Kier alpha value is -1.96. The topological polar surface area (TPSA) is 105 Å². The average molecular weight is 422 g/mol. The van der Waals surface area contributed by atoms with E-state index in [4.69, 9.17) is 0 Å². The van der Waals surface area contributed by atoms with Crippen LogP contribution in [0.15, 0.2) is 21.7 Å². The summed E-state index contributed by atoms with van der Waals surface area (Å²) in [4.78, 5) is 23.2. The van der Waals surface area contributed by atoms with Gasteiger partial charge in [0, 0.05) is 17.7 Å². The Balaban J connectivity index is 1.49. The van der Waals surface area contributed by atoms with Gasteiger partial charge in [0.25, 0.3) is 5.69 Å². The van der Waals surface area contributed by atoms with E-state index in [2.05, 4.69) is 26.5 Å². The Labute approximate surface area is 159 Å². The fourth-order valence-electron chi connectivity index (χ4n) is 5.48. The number of halogens is 1. The number of amides is 1. The lowest BCUT2D eigenvalue weighted by Crippen LogP contribution is -2.52. The number of nitrogens with one attached hydrogen (secondary N) is 1. The van der Waals surface area contributed by atoms with Crippen molar-refractivity contribution in [2.75, 3.05) is 0 Å². The van der Waals surface area contributed by atoms with Crippen molar-refractivity contribution in [2.45, 2.75) is 38.5 Å². The predicted octanol–water partition coefficient (Wildman–Crippen LogP) is 3.73. The van der Waals surface area contributed by atoms with Crippen LogP contribution in [0.4, 0.5) is 5.69 Å². The second-order valence-corrected chi connectivity index (χ2v) is 8.87. The first kappa shape index (κ1) is 17.5. The third-order valence-corrected chi connectivity index (χ3v) is 6.78. The van der Waals surface area contributed by atoms with Crippen molar-refractivity contribution in [1.29, 1.82) is 0 Å². The molecule has 1 amide bonds. The van der Waals surface area contributed by atoms with Crippen LogP contribution in [0.25, 0.3) is 0 Å². The molecule has 0 radical (unpaired) electrons. The number of benzene rings is 1. The molecule has 0 saturated heterocycles. The molecule has 1 aromatic carbocycles. The third-order valence-electron chi connectivity index (χ3n) is 6.18. The van der Waals surface area contributed by atoms with Crippen molar-refractivity contribution in [3.63, 3.8) is 0 Å². The number of carbonyl (C=O) groups is 1. The molecule has 138 valence electrons. The summed E-state index contributed by atoms with van der Waals surface area (Å²) in [5.74, 6) is 1.77. The molecule has 4 saturated carbocycles. The average Bonchev–Trinajstić information content (AvgIpc) is 2.57. The molecule has 4 aliphatic carbocycles. The number of rotatable bonds is 4. The number of hydrogen-bond acceptors (Lipinski definition) is 5. The number of nitro benzene ring substituents is 1. The number of phenolic OH excluding ortho intramolecular Hbond substituents is 1. The van der Waals surface area contributed by atoms with Gasteiger partial charge in [-0.1, -0.05) is 0 Å². The minimum atomic E-state index is -0.546. The molecule has 0 unspecified atom stereocenters. The van der Waals surface area contributed by atoms with Crippen LogP contribution in [0.2, 0.25) is 0 Å². The molecule has 0 atom stereocenters. The van der Waals surface area contributed by atoms with Gasteiger partial charge in [-0.3, -0.25) is 14.9 Å². The van der Waals surface area contributed by atoms with E-state index in [0.29, 0.717) is 17.8 Å². The number of phenols is 1. The Bertz CT molecular complexity index is 773. The number of nitrogens with zero attached hydrogens (tertiary/aromatic N) is 2. The summed E-state index contributed by atoms with van der Waals surface area (Å²) in [6.07, 6.45) is 7.84. The van der Waals surface area contributed by atoms with E-state index < -0.39 is 4.92 Å². The normalized spacial score (nSPS) is 32.1. The molecule has 5 rings (SSSR count). The highest BCUT2D eigenvalue weighted by atomic mass is 79.9. The second-order valence-electron chi connectivity index (χ2n) is 8.02. The molecule has 2 N–H and O–H groups in total. The summed E-state index contributed by atoms with van der Waals surface area (Å²) in [5.41, 5.74) is 2.32. The lowest BCUT2D eigenvalue weighted by Gasteiger charge is -2.55. The van der Waals surface area contributed by atoms with Crippen LogP contribution in [0.1, 0.15) is 44.1 Å². The summed E-state index contributed by atoms with van der Waals surface area (Å²) < 4.78 is 0.209. The van der Waals surface area contributed by atoms with E-state index in [1.807, 2.05) is 0 Å². The first-order valence-corrected chi connectivity index (χ1v) is 9.66. The van der Waals surface area contributed by atoms with Gasteiger partial charge in [0.05, 0.1) is 21.0 Å². The highest BCUT2D eigenvalue weighted by Crippen LogP contribution is 2.60. The maximum atomic E-state index is 12.8. The molecule has 7 nitrogen and oxygen atoms in total. The molecule has 1 aromatic rings. The summed E-state index contributed by atoms with van der Waals surface area (Å²) >= 11 is 3.09. The van der Waals surface area contributed by atoms with Crippen molar-refractivity contribution in [1.82, 2.24) is 5.43 Å². The Morgan fingerprint density at radius 1 is 1.27 bits per heavy atom. The number of nitro groups is 1. The van der Waals surface area contributed by atoms with Crippen molar-refractivity contribution < 1.29 is 14.8 Å². The molecule has 8 heteroatoms. The van der Waals surface area contributed by atoms with Crippen LogP contribution < -0.4 is 5.43 Å². The Morgan fingerprint density at radius 3 is 2.38 bits per heavy atom. The standard InChI is InChI=1S/C18H20BrN3O4/c19-15-5-14(22(25)26)4-13(16(15)23)9-20-21-17(24)18-6-10-1-11(7-18)3-12(2-10)8-18/h4-5,9-12,23H,1-3,6-8H2,(H,21,24)/b20-9-. The van der Waals surface area contributed by atoms with Crippen LogP contribution in [0.3, 0.4) is 0 Å². The fourth-order valence-corrected chi connectivity index (χ4v) is 5.94. The monoisotopic (exact) mass is 421 g/mol. The molecule has 0 aromatic heterocycles. The largest absolute Gasteiger partial charge is 0.506 e. The predicted molar refractivity (Wildman–Crippen MR) is 98.8 cm³/mol. The van der Waals surface area contributed by atoms with Crippen molar-refractivity contribution in [2.24, 2.45) is 28.3 Å². The maximum absolute atomic E-state index is 12.8. The van der Waals surface area contributed by atoms with E-state index in [1.165, 1.54) is 37.6 Å². The van der Waals surface area contributed by atoms with Gasteiger partial charge in [0.15, 0.2) is 0 Å². The fraction of sp³-hybridized carbons (Fsp3) is 0.556. The van der Waals surface area contributed by atoms with Crippen LogP contribution in [-0.2, 0) is 4.79 Å². The smallest absolute Gasteiger partial charge is 0.271 e. The molecular weight excluding hydrogens is 402 g/mol. The quantitative estimate of drug-likeness (QED) is 0.438. The SMILES string of the molecule is O=C(N/N=C\c1cc([N+](=O)[O-])cc(Br)c1O)C12CC3CC(CC(C3)C1)C2. The molecule has 4 bridgehead atoms. The van der Waals surface area contributed by atoms with Gasteiger partial charge in [0.1, 0.15) is 5.75 Å². The molecule has 4 aliphatic rings. The van der Waals surface area contributed by atoms with Crippen molar-refractivity contribution in [3.8, 4) is 5.75 Å². The zero-order chi connectivity index (χ0) is 18.5. The molecule has 0 spiro atoms. The summed E-state index contributed by atoms with van der Waals surface area (Å²) in [6.45, 7) is 0. The number of non-ortho nitro benzene ring substituents is 1. The van der Waals surface area contributed by atoms with Crippen LogP contribution in [0.5, 0.6) is 5.75 Å². The van der Waals surface area contributed by atoms with E-state index >= 15 is 0 Å². The number of hydrazone groups is 1. The Kier molecular flexibility index (Phi) is 4.25. The van der Waals surface area contributed by atoms with Gasteiger partial charge in [-0.05, 0) is 72.2 Å². The minimum absolute atomic E-state index is 0.0585. The first-order valence-electron chi connectivity index (χ1n) is 8.87. The third kappa shape index (κ3) is 3.00. The Morgan fingerprint density at radius 2 is 1.85 bits per heavy atom. The van der Waals surface area contributed by atoms with Gasteiger partial charge in [-0.15, -0.1) is 0 Å². The second kappa shape index (κ2) is 6.33. The van der Waals surface area contributed by atoms with Crippen molar-refractivity contribution >= 4 is 33.7 Å². The highest BCUT2D eigenvalue weighted by Gasteiger charge is 2.54. The lowest BCUT2D eigenvalue weighted by molar-refractivity contribution is -0.385. The number of aromatic hydroxyl groups is 1. The summed E-state index contributed by atoms with van der Waals surface area (Å²) in [6, 6.07) is 2.45. The summed E-state index contributed by atoms with van der Waals surface area (Å²) in [5, 5.41) is 24.9. The molecular formula is C18H20BrN3O4. The van der Waals surface area contributed by atoms with E-state index in [0.717, 1.165) is 19.3 Å². The highest BCUT2D eigenvalue weighted by molar-refractivity contribution is 9.10. The molecule has 0 heterocycles. The van der Waals surface area contributed by atoms with Gasteiger partial charge in [-0.2, -0.15) is 5.10 Å². The number of carbonyl (C=O) groups excluding carboxylic acids is 1. The van der Waals surface area contributed by atoms with Crippen LogP contribution in [-0.4, -0.2) is 22.2 Å². The first-order chi connectivity index (χ1) is 12.4. The van der Waals surface area contributed by atoms with Gasteiger partial charge in [0.2, 0.25) is 5.91 Å². The molecule has 4 fully saturated rings. The van der Waals surface area contributed by atoms with Crippen LogP contribution in [0, 0.1) is 33.3 Å². The van der Waals surface area contributed by atoms with E-state index in [1.54, 1.807) is 0 Å². The maximum Gasteiger partial charge on any atom is 0.271 e. The van der Waals surface area contributed by atoms with Crippen LogP contribution >= 0.6 is 15.9 Å². The summed E-state index contributed by atoms with van der Waals surface area (Å²) in [7, 11) is 0. The van der Waals surface area contributed by atoms with E-state index in [9.17, 15) is 20.0 Å². The lowest BCUT2D eigenvalue weighted by atomic mass is 9.49. The minimum Gasteiger partial charge on any atom is -0.506 e. The van der Waals surface area contributed by atoms with Crippen molar-refractivity contribution in [3.05, 3.63) is 32.3 Å². The zero-order valence-corrected chi connectivity index (χ0v) is 15.7.